The van der Waals surface area contributed by atoms with Crippen molar-refractivity contribution in [2.75, 3.05) is 0 Å². The second kappa shape index (κ2) is 2.01. The number of aromatic nitrogens is 2. The monoisotopic (exact) mass is 125 g/mol. The molecule has 48 valence electrons. The zero-order valence-corrected chi connectivity index (χ0v) is 5.51. The summed E-state index contributed by atoms with van der Waals surface area (Å²) in [6, 6.07) is 0. The maximum absolute atomic E-state index is 10.6. The highest BCUT2D eigenvalue weighted by molar-refractivity contribution is 4.84. The maximum atomic E-state index is 10.6. The van der Waals surface area contributed by atoms with E-state index in [-0.39, 0.29) is 5.56 Å². The molecule has 0 spiro atoms. The first-order chi connectivity index (χ1) is 4.18. The first-order valence-corrected chi connectivity index (χ1v) is 2.75. The SMILES string of the molecule is Cc1c[n+](C)cc(=O)[nH]1. The molecule has 0 aliphatic heterocycles. The van der Waals surface area contributed by atoms with Crippen LogP contribution in [0.15, 0.2) is 17.2 Å². The van der Waals surface area contributed by atoms with Crippen LogP contribution in [0.2, 0.25) is 0 Å². The van der Waals surface area contributed by atoms with Gasteiger partial charge in [-0.2, -0.15) is 0 Å². The first kappa shape index (κ1) is 6.01. The van der Waals surface area contributed by atoms with Crippen molar-refractivity contribution in [1.29, 1.82) is 0 Å². The van der Waals surface area contributed by atoms with Crippen molar-refractivity contribution >= 4 is 0 Å². The van der Waals surface area contributed by atoms with Crippen LogP contribution in [0.1, 0.15) is 5.69 Å². The van der Waals surface area contributed by atoms with E-state index >= 15 is 0 Å². The molecule has 0 bridgehead atoms. The molecule has 0 saturated carbocycles. The normalized spacial score (nSPS) is 9.56. The lowest BCUT2D eigenvalue weighted by Gasteiger charge is -1.86. The van der Waals surface area contributed by atoms with Crippen LogP contribution in [0.25, 0.3) is 0 Å². The number of nitrogens with one attached hydrogen (secondary N) is 1. The summed E-state index contributed by atoms with van der Waals surface area (Å²) >= 11 is 0. The summed E-state index contributed by atoms with van der Waals surface area (Å²) in [4.78, 5) is 13.3. The molecule has 1 rings (SSSR count). The van der Waals surface area contributed by atoms with Gasteiger partial charge in [0, 0.05) is 0 Å². The second-order valence-corrected chi connectivity index (χ2v) is 2.10. The van der Waals surface area contributed by atoms with Crippen molar-refractivity contribution in [1.82, 2.24) is 4.98 Å². The summed E-state index contributed by atoms with van der Waals surface area (Å²) in [6.07, 6.45) is 3.34. The Labute approximate surface area is 53.0 Å². The molecule has 0 radical (unpaired) electrons. The van der Waals surface area contributed by atoms with Gasteiger partial charge in [-0.25, -0.2) is 4.57 Å². The largest absolute Gasteiger partial charge is 0.316 e. The topological polar surface area (TPSA) is 36.7 Å². The zero-order valence-electron chi connectivity index (χ0n) is 5.51. The van der Waals surface area contributed by atoms with Gasteiger partial charge in [0.15, 0.2) is 6.20 Å². The molecule has 9 heavy (non-hydrogen) atoms. The quantitative estimate of drug-likeness (QED) is 0.467. The van der Waals surface area contributed by atoms with Crippen LogP contribution in [0.5, 0.6) is 0 Å². The molecule has 0 aliphatic rings. The molecule has 0 unspecified atom stereocenters. The van der Waals surface area contributed by atoms with Crippen LogP contribution in [0.3, 0.4) is 0 Å². The summed E-state index contributed by atoms with van der Waals surface area (Å²) in [5.74, 6) is 0. The molecule has 3 nitrogen and oxygen atoms in total. The van der Waals surface area contributed by atoms with E-state index in [4.69, 9.17) is 0 Å². The number of rotatable bonds is 0. The summed E-state index contributed by atoms with van der Waals surface area (Å²) < 4.78 is 1.73. The van der Waals surface area contributed by atoms with E-state index in [1.807, 2.05) is 20.2 Å². The van der Waals surface area contributed by atoms with Gasteiger partial charge >= 0.3 is 5.56 Å². The molecule has 1 aromatic heterocycles. The Hall–Kier alpha value is -1.12. The molecular formula is C6H9N2O+. The number of aryl methyl sites for hydroxylation is 2. The van der Waals surface area contributed by atoms with Crippen LogP contribution in [-0.4, -0.2) is 4.98 Å². The van der Waals surface area contributed by atoms with E-state index in [9.17, 15) is 4.79 Å². The third-order valence-corrected chi connectivity index (χ3v) is 1.04. The van der Waals surface area contributed by atoms with E-state index in [0.717, 1.165) is 5.69 Å². The summed E-state index contributed by atoms with van der Waals surface area (Å²) in [5.41, 5.74) is 0.822. The van der Waals surface area contributed by atoms with Crippen molar-refractivity contribution < 1.29 is 4.57 Å². The number of hydrogen-bond donors (Lipinski definition) is 1. The molecule has 1 N–H and O–H groups in total. The molecule has 0 atom stereocenters. The standard InChI is InChI=1S/C6H8N2O/c1-5-3-8(2)4-6(9)7-5/h3-4H,1-2H3/p+1. The minimum absolute atomic E-state index is 0.0579. The fraction of sp³-hybridized carbons (Fsp3) is 0.333. The van der Waals surface area contributed by atoms with Crippen LogP contribution >= 0.6 is 0 Å². The Kier molecular flexibility index (Phi) is 1.34. The Bertz CT molecular complexity index is 241. The lowest BCUT2D eigenvalue weighted by atomic mass is 10.5. The van der Waals surface area contributed by atoms with Gasteiger partial charge in [0.05, 0.1) is 5.69 Å². The molecular weight excluding hydrogens is 116 g/mol. The van der Waals surface area contributed by atoms with Crippen molar-refractivity contribution in [2.45, 2.75) is 6.92 Å². The van der Waals surface area contributed by atoms with Gasteiger partial charge in [0.25, 0.3) is 0 Å². The van der Waals surface area contributed by atoms with E-state index in [1.54, 1.807) is 4.57 Å². The first-order valence-electron chi connectivity index (χ1n) is 2.75. The highest BCUT2D eigenvalue weighted by atomic mass is 16.1. The molecule has 0 saturated heterocycles. The lowest BCUT2D eigenvalue weighted by Crippen LogP contribution is -2.33. The van der Waals surface area contributed by atoms with E-state index < -0.39 is 0 Å². The van der Waals surface area contributed by atoms with Crippen LogP contribution < -0.4 is 10.1 Å². The summed E-state index contributed by atoms with van der Waals surface area (Å²) in [5, 5.41) is 0. The highest BCUT2D eigenvalue weighted by Crippen LogP contribution is 1.75. The minimum atomic E-state index is -0.0579. The van der Waals surface area contributed by atoms with Crippen molar-refractivity contribution in [2.24, 2.45) is 7.05 Å². The number of aromatic amines is 1. The van der Waals surface area contributed by atoms with Crippen molar-refractivity contribution in [3.8, 4) is 0 Å². The molecule has 0 aliphatic carbocycles. The number of hydrogen-bond acceptors (Lipinski definition) is 1. The van der Waals surface area contributed by atoms with Gasteiger partial charge in [-0.1, -0.05) is 0 Å². The van der Waals surface area contributed by atoms with Gasteiger partial charge in [-0.05, 0) is 6.92 Å². The van der Waals surface area contributed by atoms with E-state index in [2.05, 4.69) is 4.98 Å². The highest BCUT2D eigenvalue weighted by Gasteiger charge is 1.93. The predicted molar refractivity (Wildman–Crippen MR) is 33.0 cm³/mol. The molecule has 0 amide bonds. The van der Waals surface area contributed by atoms with Gasteiger partial charge in [-0.15, -0.1) is 0 Å². The summed E-state index contributed by atoms with van der Waals surface area (Å²) in [6.45, 7) is 1.85. The van der Waals surface area contributed by atoms with Gasteiger partial charge in [0.1, 0.15) is 7.05 Å². The molecule has 0 aromatic carbocycles. The fourth-order valence-electron chi connectivity index (χ4n) is 0.787. The molecule has 0 fully saturated rings. The van der Waals surface area contributed by atoms with Crippen LogP contribution in [-0.2, 0) is 7.05 Å². The predicted octanol–water partition coefficient (Wildman–Crippen LogP) is -0.492. The average Bonchev–Trinajstić information content (AvgIpc) is 1.59. The Morgan fingerprint density at radius 2 is 2.22 bits per heavy atom. The van der Waals surface area contributed by atoms with Crippen LogP contribution in [0, 0.1) is 6.92 Å². The van der Waals surface area contributed by atoms with Gasteiger partial charge in [0.2, 0.25) is 6.20 Å². The Balaban J connectivity index is 3.33. The Morgan fingerprint density at radius 1 is 1.56 bits per heavy atom. The third-order valence-electron chi connectivity index (χ3n) is 1.04. The maximum Gasteiger partial charge on any atom is 0.312 e. The molecule has 1 heterocycles. The number of H-pyrrole nitrogens is 1. The Morgan fingerprint density at radius 3 is 2.67 bits per heavy atom. The minimum Gasteiger partial charge on any atom is -0.316 e. The summed E-state index contributed by atoms with van der Waals surface area (Å²) in [7, 11) is 1.82. The van der Waals surface area contributed by atoms with Gasteiger partial charge < -0.3 is 4.98 Å². The van der Waals surface area contributed by atoms with E-state index in [0.29, 0.717) is 0 Å². The average molecular weight is 125 g/mol. The molecule has 3 heteroatoms. The van der Waals surface area contributed by atoms with Gasteiger partial charge in [-0.3, -0.25) is 4.79 Å². The van der Waals surface area contributed by atoms with Crippen molar-refractivity contribution in [3.05, 3.63) is 28.4 Å². The molecule has 1 aromatic rings. The third kappa shape index (κ3) is 1.38. The van der Waals surface area contributed by atoms with Crippen LogP contribution in [0.4, 0.5) is 0 Å². The lowest BCUT2D eigenvalue weighted by molar-refractivity contribution is -0.673. The second-order valence-electron chi connectivity index (χ2n) is 2.10. The number of nitrogens with zero attached hydrogens (tertiary/aromatic N) is 1. The van der Waals surface area contributed by atoms with Crippen molar-refractivity contribution in [3.63, 3.8) is 0 Å². The van der Waals surface area contributed by atoms with E-state index in [1.165, 1.54) is 6.20 Å². The zero-order chi connectivity index (χ0) is 6.85. The fourth-order valence-corrected chi connectivity index (χ4v) is 0.787. The smallest absolute Gasteiger partial charge is 0.312 e.